The van der Waals surface area contributed by atoms with E-state index >= 15 is 0 Å². The van der Waals surface area contributed by atoms with Gasteiger partial charge in [0.25, 0.3) is 0 Å². The van der Waals surface area contributed by atoms with Gasteiger partial charge in [0.15, 0.2) is 5.82 Å². The number of hydrogen-bond donors (Lipinski definition) is 1. The van der Waals surface area contributed by atoms with Crippen LogP contribution in [0, 0.1) is 0 Å². The molecule has 8 heteroatoms. The minimum absolute atomic E-state index is 0.307. The third-order valence-corrected chi connectivity index (χ3v) is 4.18. The van der Waals surface area contributed by atoms with Crippen LogP contribution in [0.15, 0.2) is 67.3 Å². The molecule has 0 fully saturated rings. The van der Waals surface area contributed by atoms with E-state index in [-0.39, 0.29) is 0 Å². The predicted molar refractivity (Wildman–Crippen MR) is 105 cm³/mol. The fraction of sp³-hybridized carbons (Fsp3) is 0.0952. The third kappa shape index (κ3) is 4.27. The Balaban J connectivity index is 1.43. The molecule has 4 aromatic rings. The molecule has 0 bridgehead atoms. The summed E-state index contributed by atoms with van der Waals surface area (Å²) in [7, 11) is 1.32. The van der Waals surface area contributed by atoms with Gasteiger partial charge in [0.1, 0.15) is 12.4 Å². The quantitative estimate of drug-likeness (QED) is 0.506. The molecule has 1 N–H and O–H groups in total. The summed E-state index contributed by atoms with van der Waals surface area (Å²) in [5.74, 6) is 0.716. The van der Waals surface area contributed by atoms with Gasteiger partial charge < -0.3 is 9.47 Å². The van der Waals surface area contributed by atoms with Gasteiger partial charge in [-0.1, -0.05) is 18.2 Å². The maximum Gasteiger partial charge on any atom is 0.341 e. The van der Waals surface area contributed by atoms with Crippen molar-refractivity contribution in [3.8, 4) is 28.5 Å². The first kappa shape index (κ1) is 18.3. The summed E-state index contributed by atoms with van der Waals surface area (Å²) >= 11 is 0. The lowest BCUT2D eigenvalue weighted by Gasteiger charge is -2.08. The lowest BCUT2D eigenvalue weighted by molar-refractivity contribution is 0.0600. The van der Waals surface area contributed by atoms with E-state index in [0.717, 1.165) is 22.5 Å². The Morgan fingerprint density at radius 2 is 1.90 bits per heavy atom. The molecule has 0 aliphatic carbocycles. The van der Waals surface area contributed by atoms with Crippen LogP contribution in [0.25, 0.3) is 22.8 Å². The molecule has 144 valence electrons. The number of methoxy groups -OCH3 is 1. The minimum atomic E-state index is -0.467. The molecule has 3 aromatic heterocycles. The summed E-state index contributed by atoms with van der Waals surface area (Å²) in [5.41, 5.74) is 3.74. The van der Waals surface area contributed by atoms with Crippen molar-refractivity contribution in [3.05, 3.63) is 78.4 Å². The molecule has 4 rings (SSSR count). The number of rotatable bonds is 6. The molecule has 0 spiro atoms. The smallest absolute Gasteiger partial charge is 0.341 e. The van der Waals surface area contributed by atoms with Crippen LogP contribution in [0.2, 0.25) is 0 Å². The number of hydrogen-bond acceptors (Lipinski definition) is 7. The van der Waals surface area contributed by atoms with Crippen LogP contribution in [0.3, 0.4) is 0 Å². The summed E-state index contributed by atoms with van der Waals surface area (Å²) in [6, 6.07) is 13.3. The third-order valence-electron chi connectivity index (χ3n) is 4.18. The van der Waals surface area contributed by atoms with Gasteiger partial charge in [-0.3, -0.25) is 10.1 Å². The largest absolute Gasteiger partial charge is 0.487 e. The van der Waals surface area contributed by atoms with Crippen molar-refractivity contribution in [3.63, 3.8) is 0 Å². The van der Waals surface area contributed by atoms with E-state index in [1.54, 1.807) is 12.4 Å². The van der Waals surface area contributed by atoms with Crippen molar-refractivity contribution >= 4 is 5.97 Å². The van der Waals surface area contributed by atoms with Crippen molar-refractivity contribution in [2.24, 2.45) is 0 Å². The highest BCUT2D eigenvalue weighted by Gasteiger charge is 2.08. The van der Waals surface area contributed by atoms with Crippen LogP contribution in [-0.4, -0.2) is 38.2 Å². The normalized spacial score (nSPS) is 10.5. The first-order valence-electron chi connectivity index (χ1n) is 8.81. The topological polar surface area (TPSA) is 103 Å². The molecular formula is C21H17N5O3. The Hall–Kier alpha value is -4.07. The van der Waals surface area contributed by atoms with Crippen molar-refractivity contribution in [2.75, 3.05) is 7.11 Å². The second-order valence-corrected chi connectivity index (χ2v) is 6.13. The Labute approximate surface area is 166 Å². The van der Waals surface area contributed by atoms with E-state index in [4.69, 9.17) is 4.74 Å². The molecule has 0 aliphatic heterocycles. The van der Waals surface area contributed by atoms with E-state index in [0.29, 0.717) is 23.7 Å². The molecule has 8 nitrogen and oxygen atoms in total. The SMILES string of the molecule is COC(=O)c1cnc(-c2cccc(COc3ccc(-c4ccn[nH]4)nc3)c2)nc1. The van der Waals surface area contributed by atoms with Gasteiger partial charge in [-0.25, -0.2) is 14.8 Å². The first-order chi connectivity index (χ1) is 14.2. The summed E-state index contributed by atoms with van der Waals surface area (Å²) in [4.78, 5) is 24.3. The number of ether oxygens (including phenoxy) is 2. The molecular weight excluding hydrogens is 370 g/mol. The van der Waals surface area contributed by atoms with Gasteiger partial charge in [0.05, 0.1) is 30.3 Å². The number of nitrogens with zero attached hydrogens (tertiary/aromatic N) is 4. The number of benzene rings is 1. The Kier molecular flexibility index (Phi) is 5.24. The van der Waals surface area contributed by atoms with Gasteiger partial charge in [-0.2, -0.15) is 5.10 Å². The van der Waals surface area contributed by atoms with Crippen LogP contribution < -0.4 is 4.74 Å². The maximum absolute atomic E-state index is 11.5. The van der Waals surface area contributed by atoms with Crippen molar-refractivity contribution in [1.82, 2.24) is 25.1 Å². The van der Waals surface area contributed by atoms with Crippen molar-refractivity contribution < 1.29 is 14.3 Å². The fourth-order valence-electron chi connectivity index (χ4n) is 2.69. The number of esters is 1. The molecule has 29 heavy (non-hydrogen) atoms. The molecule has 0 atom stereocenters. The van der Waals surface area contributed by atoms with E-state index < -0.39 is 5.97 Å². The average molecular weight is 387 g/mol. The van der Waals surface area contributed by atoms with Crippen LogP contribution in [0.4, 0.5) is 0 Å². The summed E-state index contributed by atoms with van der Waals surface area (Å²) in [5, 5.41) is 6.79. The Morgan fingerprint density at radius 3 is 2.59 bits per heavy atom. The number of aromatic amines is 1. The Morgan fingerprint density at radius 1 is 1.03 bits per heavy atom. The zero-order chi connectivity index (χ0) is 20.1. The first-order valence-corrected chi connectivity index (χ1v) is 8.81. The van der Waals surface area contributed by atoms with Gasteiger partial charge in [-0.05, 0) is 29.8 Å². The zero-order valence-corrected chi connectivity index (χ0v) is 15.6. The van der Waals surface area contributed by atoms with E-state index in [2.05, 4.69) is 29.9 Å². The summed E-state index contributed by atoms with van der Waals surface area (Å²) in [6.45, 7) is 0.374. The zero-order valence-electron chi connectivity index (χ0n) is 15.6. The van der Waals surface area contributed by atoms with Crippen molar-refractivity contribution in [2.45, 2.75) is 6.61 Å². The number of pyridine rings is 1. The van der Waals surface area contributed by atoms with Crippen LogP contribution in [0.1, 0.15) is 15.9 Å². The molecule has 0 saturated carbocycles. The lowest BCUT2D eigenvalue weighted by atomic mass is 10.1. The number of H-pyrrole nitrogens is 1. The monoisotopic (exact) mass is 387 g/mol. The van der Waals surface area contributed by atoms with Crippen LogP contribution in [0.5, 0.6) is 5.75 Å². The molecule has 0 saturated heterocycles. The van der Waals surface area contributed by atoms with Gasteiger partial charge in [-0.15, -0.1) is 0 Å². The van der Waals surface area contributed by atoms with E-state index in [1.165, 1.54) is 19.5 Å². The lowest BCUT2D eigenvalue weighted by Crippen LogP contribution is -2.03. The number of aromatic nitrogens is 5. The highest BCUT2D eigenvalue weighted by atomic mass is 16.5. The van der Waals surface area contributed by atoms with Gasteiger partial charge in [0.2, 0.25) is 0 Å². The molecule has 0 amide bonds. The molecule has 0 aliphatic rings. The maximum atomic E-state index is 11.5. The predicted octanol–water partition coefficient (Wildman–Crippen LogP) is 3.29. The van der Waals surface area contributed by atoms with Crippen LogP contribution >= 0.6 is 0 Å². The second-order valence-electron chi connectivity index (χ2n) is 6.13. The average Bonchev–Trinajstić information content (AvgIpc) is 3.33. The van der Waals surface area contributed by atoms with Gasteiger partial charge >= 0.3 is 5.97 Å². The van der Waals surface area contributed by atoms with E-state index in [1.807, 2.05) is 42.5 Å². The molecule has 0 unspecified atom stereocenters. The molecule has 0 radical (unpaired) electrons. The number of carbonyl (C=O) groups excluding carboxylic acids is 1. The molecule has 3 heterocycles. The van der Waals surface area contributed by atoms with Gasteiger partial charge in [0, 0.05) is 24.2 Å². The minimum Gasteiger partial charge on any atom is -0.487 e. The fourth-order valence-corrected chi connectivity index (χ4v) is 2.69. The summed E-state index contributed by atoms with van der Waals surface area (Å²) < 4.78 is 10.5. The van der Waals surface area contributed by atoms with Crippen molar-refractivity contribution in [1.29, 1.82) is 0 Å². The highest BCUT2D eigenvalue weighted by molar-refractivity contribution is 5.88. The second kappa shape index (κ2) is 8.30. The number of carbonyl (C=O) groups is 1. The van der Waals surface area contributed by atoms with Crippen LogP contribution in [-0.2, 0) is 11.3 Å². The number of nitrogens with one attached hydrogen (secondary N) is 1. The standard InChI is InChI=1S/C21H17N5O3/c1-28-21(27)16-10-23-20(24-11-16)15-4-2-3-14(9-15)13-29-17-5-6-18(22-12-17)19-7-8-25-26-19/h2-12H,13H2,1H3,(H,25,26). The Bertz CT molecular complexity index is 1090. The molecule has 1 aromatic carbocycles. The highest BCUT2D eigenvalue weighted by Crippen LogP contribution is 2.20. The van der Waals surface area contributed by atoms with E-state index in [9.17, 15) is 4.79 Å². The summed E-state index contributed by atoms with van der Waals surface area (Å²) in [6.07, 6.45) is 6.25.